The van der Waals surface area contributed by atoms with E-state index >= 15 is 0 Å². The van der Waals surface area contributed by atoms with Crippen molar-refractivity contribution in [1.82, 2.24) is 10.6 Å². The molecular formula is C17H26N2O2. The summed E-state index contributed by atoms with van der Waals surface area (Å²) in [6, 6.07) is 8.34. The number of amides is 1. The summed E-state index contributed by atoms with van der Waals surface area (Å²) in [5.74, 6) is 1.18. The van der Waals surface area contributed by atoms with Crippen LogP contribution < -0.4 is 15.4 Å². The van der Waals surface area contributed by atoms with Gasteiger partial charge < -0.3 is 15.4 Å². The molecule has 0 aliphatic carbocycles. The van der Waals surface area contributed by atoms with Gasteiger partial charge >= 0.3 is 0 Å². The number of carbonyl (C=O) groups is 1. The topological polar surface area (TPSA) is 50.4 Å². The zero-order valence-corrected chi connectivity index (χ0v) is 13.2. The molecule has 1 saturated heterocycles. The number of hydrogen-bond donors (Lipinski definition) is 2. The zero-order valence-electron chi connectivity index (χ0n) is 13.2. The highest BCUT2D eigenvalue weighted by Gasteiger charge is 2.24. The van der Waals surface area contributed by atoms with E-state index in [1.165, 1.54) is 0 Å². The summed E-state index contributed by atoms with van der Waals surface area (Å²) in [5, 5.41) is 6.41. The lowest BCUT2D eigenvalue weighted by Gasteiger charge is -2.27. The van der Waals surface area contributed by atoms with Crippen molar-refractivity contribution in [2.45, 2.75) is 52.3 Å². The van der Waals surface area contributed by atoms with Crippen molar-refractivity contribution in [3.63, 3.8) is 0 Å². The molecule has 1 aromatic rings. The Kier molecular flexibility index (Phi) is 5.62. The van der Waals surface area contributed by atoms with Crippen molar-refractivity contribution in [2.24, 2.45) is 5.92 Å². The molecule has 2 atom stereocenters. The number of benzene rings is 1. The fourth-order valence-electron chi connectivity index (χ4n) is 2.66. The van der Waals surface area contributed by atoms with Crippen LogP contribution >= 0.6 is 0 Å². The van der Waals surface area contributed by atoms with E-state index < -0.39 is 0 Å². The van der Waals surface area contributed by atoms with Gasteiger partial charge in [-0.3, -0.25) is 4.79 Å². The van der Waals surface area contributed by atoms with Gasteiger partial charge in [-0.2, -0.15) is 0 Å². The fraction of sp³-hybridized carbons (Fsp3) is 0.588. The minimum atomic E-state index is 0.143. The molecule has 2 rings (SSSR count). The highest BCUT2D eigenvalue weighted by atomic mass is 16.5. The molecule has 0 saturated carbocycles. The molecule has 116 valence electrons. The monoisotopic (exact) mass is 290 g/mol. The van der Waals surface area contributed by atoms with E-state index in [9.17, 15) is 4.79 Å². The van der Waals surface area contributed by atoms with Gasteiger partial charge in [-0.25, -0.2) is 0 Å². The molecule has 2 N–H and O–H groups in total. The predicted molar refractivity (Wildman–Crippen MR) is 84.2 cm³/mol. The van der Waals surface area contributed by atoms with Crippen molar-refractivity contribution >= 4 is 5.91 Å². The summed E-state index contributed by atoms with van der Waals surface area (Å²) >= 11 is 0. The highest BCUT2D eigenvalue weighted by molar-refractivity contribution is 5.78. The van der Waals surface area contributed by atoms with Gasteiger partial charge in [0.25, 0.3) is 0 Å². The van der Waals surface area contributed by atoms with Crippen LogP contribution in [0.25, 0.3) is 0 Å². The molecule has 1 amide bonds. The Morgan fingerprint density at radius 1 is 1.38 bits per heavy atom. The molecule has 21 heavy (non-hydrogen) atoms. The van der Waals surface area contributed by atoms with Crippen LogP contribution in [0.3, 0.4) is 0 Å². The molecular weight excluding hydrogens is 264 g/mol. The highest BCUT2D eigenvalue weighted by Crippen LogP contribution is 2.17. The average molecular weight is 290 g/mol. The second-order valence-corrected chi connectivity index (χ2v) is 6.10. The zero-order chi connectivity index (χ0) is 15.2. The first-order valence-electron chi connectivity index (χ1n) is 7.81. The Hall–Kier alpha value is -1.55. The van der Waals surface area contributed by atoms with Crippen LogP contribution in [0.4, 0.5) is 0 Å². The number of rotatable bonds is 5. The molecule has 0 spiro atoms. The molecule has 4 heteroatoms. The quantitative estimate of drug-likeness (QED) is 0.876. The van der Waals surface area contributed by atoms with Crippen molar-refractivity contribution in [3.8, 4) is 5.75 Å². The van der Waals surface area contributed by atoms with E-state index in [1.807, 2.05) is 38.1 Å². The Morgan fingerprint density at radius 3 is 2.71 bits per heavy atom. The summed E-state index contributed by atoms with van der Waals surface area (Å²) < 4.78 is 5.61. The molecule has 0 unspecified atom stereocenters. The number of carbonyl (C=O) groups excluding carboxylic acids is 1. The van der Waals surface area contributed by atoms with Gasteiger partial charge in [0, 0.05) is 18.5 Å². The van der Waals surface area contributed by atoms with E-state index in [0.717, 1.165) is 30.7 Å². The van der Waals surface area contributed by atoms with Crippen LogP contribution in [-0.2, 0) is 11.3 Å². The lowest BCUT2D eigenvalue weighted by atomic mass is 9.92. The number of ether oxygens (including phenoxy) is 1. The van der Waals surface area contributed by atoms with Crippen molar-refractivity contribution in [2.75, 3.05) is 6.54 Å². The molecule has 1 fully saturated rings. The van der Waals surface area contributed by atoms with E-state index in [2.05, 4.69) is 17.6 Å². The summed E-state index contributed by atoms with van der Waals surface area (Å²) in [4.78, 5) is 12.2. The van der Waals surface area contributed by atoms with Crippen molar-refractivity contribution in [1.29, 1.82) is 0 Å². The maximum absolute atomic E-state index is 12.2. The van der Waals surface area contributed by atoms with Gasteiger partial charge in [0.05, 0.1) is 6.10 Å². The number of hydrogen-bond acceptors (Lipinski definition) is 3. The van der Waals surface area contributed by atoms with Crippen LogP contribution in [0.1, 0.15) is 39.2 Å². The van der Waals surface area contributed by atoms with Crippen LogP contribution in [0.15, 0.2) is 24.3 Å². The van der Waals surface area contributed by atoms with Crippen LogP contribution in [0, 0.1) is 5.92 Å². The van der Waals surface area contributed by atoms with E-state index in [-0.39, 0.29) is 17.9 Å². The Labute approximate surface area is 127 Å². The maximum Gasteiger partial charge on any atom is 0.223 e. The second-order valence-electron chi connectivity index (χ2n) is 6.10. The molecule has 0 aromatic heterocycles. The van der Waals surface area contributed by atoms with Gasteiger partial charge in [0.2, 0.25) is 5.91 Å². The standard InChI is InChI=1S/C17H26N2O2/c1-12(2)21-16-6-4-14(5-7-16)11-19-17(20)15-8-9-18-13(3)10-15/h4-7,12-13,15,18H,8-11H2,1-3H3,(H,19,20)/t13-,15-/m0/s1. The summed E-state index contributed by atoms with van der Waals surface area (Å²) in [5.41, 5.74) is 1.10. The van der Waals surface area contributed by atoms with Gasteiger partial charge in [-0.15, -0.1) is 0 Å². The van der Waals surface area contributed by atoms with Crippen molar-refractivity contribution in [3.05, 3.63) is 29.8 Å². The number of piperidine rings is 1. The van der Waals surface area contributed by atoms with Crippen molar-refractivity contribution < 1.29 is 9.53 Å². The third-order valence-corrected chi connectivity index (χ3v) is 3.76. The average Bonchev–Trinajstić information content (AvgIpc) is 2.45. The summed E-state index contributed by atoms with van der Waals surface area (Å²) in [6.45, 7) is 7.66. The first kappa shape index (κ1) is 15.8. The first-order chi connectivity index (χ1) is 10.0. The van der Waals surface area contributed by atoms with Gasteiger partial charge in [0.15, 0.2) is 0 Å². The summed E-state index contributed by atoms with van der Waals surface area (Å²) in [6.07, 6.45) is 2.03. The van der Waals surface area contributed by atoms with E-state index in [1.54, 1.807) is 0 Å². The Morgan fingerprint density at radius 2 is 2.10 bits per heavy atom. The van der Waals surface area contributed by atoms with Gasteiger partial charge in [-0.05, 0) is 57.9 Å². The largest absolute Gasteiger partial charge is 0.491 e. The lowest BCUT2D eigenvalue weighted by Crippen LogP contribution is -2.42. The van der Waals surface area contributed by atoms with Crippen LogP contribution in [0.2, 0.25) is 0 Å². The molecule has 1 heterocycles. The third kappa shape index (κ3) is 5.05. The maximum atomic E-state index is 12.2. The lowest BCUT2D eigenvalue weighted by molar-refractivity contribution is -0.126. The fourth-order valence-corrected chi connectivity index (χ4v) is 2.66. The molecule has 1 aliphatic heterocycles. The van der Waals surface area contributed by atoms with Gasteiger partial charge in [0.1, 0.15) is 5.75 Å². The minimum absolute atomic E-state index is 0.143. The smallest absolute Gasteiger partial charge is 0.223 e. The molecule has 0 bridgehead atoms. The summed E-state index contributed by atoms with van der Waals surface area (Å²) in [7, 11) is 0. The Balaban J connectivity index is 1.80. The number of nitrogens with one attached hydrogen (secondary N) is 2. The van der Waals surface area contributed by atoms with Gasteiger partial charge in [-0.1, -0.05) is 12.1 Å². The Bertz CT molecular complexity index is 456. The van der Waals surface area contributed by atoms with Crippen LogP contribution in [-0.4, -0.2) is 24.6 Å². The second kappa shape index (κ2) is 7.46. The van der Waals surface area contributed by atoms with E-state index in [4.69, 9.17) is 4.74 Å². The third-order valence-electron chi connectivity index (χ3n) is 3.76. The molecule has 0 radical (unpaired) electrons. The SMILES string of the molecule is CC(C)Oc1ccc(CNC(=O)[C@H]2CCN[C@@H](C)C2)cc1. The predicted octanol–water partition coefficient (Wildman–Crippen LogP) is 2.48. The molecule has 1 aliphatic rings. The van der Waals surface area contributed by atoms with Crippen LogP contribution in [0.5, 0.6) is 5.75 Å². The molecule has 4 nitrogen and oxygen atoms in total. The normalized spacial score (nSPS) is 22.1. The first-order valence-corrected chi connectivity index (χ1v) is 7.81. The molecule has 1 aromatic carbocycles. The minimum Gasteiger partial charge on any atom is -0.491 e. The van der Waals surface area contributed by atoms with E-state index in [0.29, 0.717) is 12.6 Å².